The van der Waals surface area contributed by atoms with Crippen LogP contribution >= 0.6 is 11.8 Å². The van der Waals surface area contributed by atoms with Crippen molar-refractivity contribution in [2.24, 2.45) is 4.99 Å². The highest BCUT2D eigenvalue weighted by Crippen LogP contribution is 2.34. The number of thioether (sulfide) groups is 1. The third-order valence-corrected chi connectivity index (χ3v) is 4.87. The molecule has 0 unspecified atom stereocenters. The number of hydrogen-bond donors (Lipinski definition) is 1. The van der Waals surface area contributed by atoms with Crippen LogP contribution in [0.3, 0.4) is 0 Å². The molecule has 2 aromatic rings. The standard InChI is InChI=1S/C18H13N3O5S/c1-20(14-9-5-3-7-12(14)17(23)24)18-19-16(22)15(27-18)10-11-6-2-4-8-13(11)21(25)26/h2-10H,1H3,(H,23,24)/b15-10-. The third-order valence-electron chi connectivity index (χ3n) is 3.81. The van der Waals surface area contributed by atoms with E-state index in [9.17, 15) is 24.8 Å². The first-order valence-electron chi connectivity index (χ1n) is 7.70. The summed E-state index contributed by atoms with van der Waals surface area (Å²) in [5.74, 6) is -1.63. The number of hydrogen-bond acceptors (Lipinski definition) is 6. The number of amidine groups is 1. The first-order chi connectivity index (χ1) is 12.9. The summed E-state index contributed by atoms with van der Waals surface area (Å²) in [6, 6.07) is 12.4. The molecule has 136 valence electrons. The van der Waals surface area contributed by atoms with Gasteiger partial charge in [0.25, 0.3) is 11.6 Å². The summed E-state index contributed by atoms with van der Waals surface area (Å²) in [5, 5.41) is 20.7. The summed E-state index contributed by atoms with van der Waals surface area (Å²) in [6.07, 6.45) is 1.42. The molecule has 8 nitrogen and oxygen atoms in total. The molecule has 0 aromatic heterocycles. The van der Waals surface area contributed by atoms with Crippen LogP contribution in [0.5, 0.6) is 0 Å². The Hall–Kier alpha value is -3.46. The molecule has 0 fully saturated rings. The van der Waals surface area contributed by atoms with Gasteiger partial charge < -0.3 is 10.0 Å². The van der Waals surface area contributed by atoms with Crippen LogP contribution in [0.25, 0.3) is 6.08 Å². The van der Waals surface area contributed by atoms with Crippen LogP contribution in [-0.4, -0.2) is 34.1 Å². The average Bonchev–Trinajstić information content (AvgIpc) is 3.02. The van der Waals surface area contributed by atoms with Crippen LogP contribution in [0.2, 0.25) is 0 Å². The lowest BCUT2D eigenvalue weighted by Gasteiger charge is -2.19. The lowest BCUT2D eigenvalue weighted by atomic mass is 10.1. The second-order valence-corrected chi connectivity index (χ2v) is 6.52. The fourth-order valence-electron chi connectivity index (χ4n) is 2.51. The number of nitrogens with zero attached hydrogens (tertiary/aromatic N) is 3. The second kappa shape index (κ2) is 7.42. The zero-order valence-electron chi connectivity index (χ0n) is 14.0. The number of aliphatic imine (C=N–C) groups is 1. The number of carboxylic acid groups (broad SMARTS) is 1. The Morgan fingerprint density at radius 3 is 2.59 bits per heavy atom. The SMILES string of the molecule is CN(C1=NC(=O)/C(=C/c2ccccc2[N+](=O)[O-])S1)c1ccccc1C(=O)O. The number of benzene rings is 2. The molecule has 1 heterocycles. The molecule has 9 heteroatoms. The molecular formula is C18H13N3O5S. The minimum Gasteiger partial charge on any atom is -0.478 e. The quantitative estimate of drug-likeness (QED) is 0.489. The molecule has 0 bridgehead atoms. The molecule has 3 rings (SSSR count). The van der Waals surface area contributed by atoms with E-state index in [2.05, 4.69) is 4.99 Å². The van der Waals surface area contributed by atoms with Gasteiger partial charge in [-0.25, -0.2) is 4.79 Å². The number of aromatic carboxylic acids is 1. The molecule has 0 saturated heterocycles. The van der Waals surface area contributed by atoms with Crippen LogP contribution in [0.15, 0.2) is 58.4 Å². The van der Waals surface area contributed by atoms with Gasteiger partial charge in [-0.1, -0.05) is 24.3 Å². The molecule has 0 saturated carbocycles. The van der Waals surface area contributed by atoms with Crippen LogP contribution < -0.4 is 4.90 Å². The highest BCUT2D eigenvalue weighted by molar-refractivity contribution is 8.18. The zero-order chi connectivity index (χ0) is 19.6. The highest BCUT2D eigenvalue weighted by Gasteiger charge is 2.27. The predicted octanol–water partition coefficient (Wildman–Crippen LogP) is 3.40. The van der Waals surface area contributed by atoms with Crippen molar-refractivity contribution in [2.75, 3.05) is 11.9 Å². The van der Waals surface area contributed by atoms with E-state index in [1.165, 1.54) is 23.1 Å². The fraction of sp³-hybridized carbons (Fsp3) is 0.0556. The molecule has 0 atom stereocenters. The van der Waals surface area contributed by atoms with Crippen molar-refractivity contribution in [3.05, 3.63) is 74.7 Å². The first-order valence-corrected chi connectivity index (χ1v) is 8.52. The predicted molar refractivity (Wildman–Crippen MR) is 103 cm³/mol. The van der Waals surface area contributed by atoms with E-state index in [-0.39, 0.29) is 16.2 Å². The Balaban J connectivity index is 1.91. The van der Waals surface area contributed by atoms with Crippen LogP contribution in [0, 0.1) is 10.1 Å². The van der Waals surface area contributed by atoms with Crippen LogP contribution in [-0.2, 0) is 4.79 Å². The van der Waals surface area contributed by atoms with Crippen LogP contribution in [0.1, 0.15) is 15.9 Å². The molecule has 0 aliphatic carbocycles. The van der Waals surface area contributed by atoms with E-state index in [4.69, 9.17) is 0 Å². The summed E-state index contributed by atoms with van der Waals surface area (Å²) in [7, 11) is 1.61. The molecule has 1 N–H and O–H groups in total. The summed E-state index contributed by atoms with van der Waals surface area (Å²) in [4.78, 5) is 39.9. The van der Waals surface area contributed by atoms with Crippen molar-refractivity contribution >= 4 is 46.3 Å². The van der Waals surface area contributed by atoms with Crippen molar-refractivity contribution in [3.63, 3.8) is 0 Å². The summed E-state index contributed by atoms with van der Waals surface area (Å²) in [5.41, 5.74) is 0.641. The van der Waals surface area contributed by atoms with E-state index >= 15 is 0 Å². The number of para-hydroxylation sites is 2. The van der Waals surface area contributed by atoms with E-state index < -0.39 is 16.8 Å². The molecule has 1 amide bonds. The number of carbonyl (C=O) groups is 2. The van der Waals surface area contributed by atoms with E-state index in [1.54, 1.807) is 43.4 Å². The third kappa shape index (κ3) is 3.72. The van der Waals surface area contributed by atoms with Gasteiger partial charge in [-0.05, 0) is 36.0 Å². The second-order valence-electron chi connectivity index (χ2n) is 5.51. The van der Waals surface area contributed by atoms with E-state index in [1.807, 2.05) is 0 Å². The number of carbonyl (C=O) groups excluding carboxylic acids is 1. The van der Waals surface area contributed by atoms with Crippen LogP contribution in [0.4, 0.5) is 11.4 Å². The average molecular weight is 383 g/mol. The number of anilines is 1. The maximum atomic E-state index is 12.2. The topological polar surface area (TPSA) is 113 Å². The van der Waals surface area contributed by atoms with Gasteiger partial charge in [-0.2, -0.15) is 4.99 Å². The van der Waals surface area contributed by atoms with Gasteiger partial charge in [0.05, 0.1) is 26.6 Å². The number of rotatable bonds is 4. The Bertz CT molecular complexity index is 1020. The number of amides is 1. The minimum atomic E-state index is -1.09. The summed E-state index contributed by atoms with van der Waals surface area (Å²) in [6.45, 7) is 0. The zero-order valence-corrected chi connectivity index (χ0v) is 14.8. The van der Waals surface area contributed by atoms with E-state index in [0.29, 0.717) is 16.4 Å². The lowest BCUT2D eigenvalue weighted by molar-refractivity contribution is -0.385. The van der Waals surface area contributed by atoms with Crippen molar-refractivity contribution in [1.29, 1.82) is 0 Å². The normalized spacial score (nSPS) is 14.9. The molecule has 0 radical (unpaired) electrons. The maximum Gasteiger partial charge on any atom is 0.337 e. The molecule has 2 aromatic carbocycles. The van der Waals surface area contributed by atoms with Gasteiger partial charge in [0.2, 0.25) is 0 Å². The molecule has 1 aliphatic rings. The van der Waals surface area contributed by atoms with Crippen molar-refractivity contribution in [1.82, 2.24) is 0 Å². The lowest BCUT2D eigenvalue weighted by Crippen LogP contribution is -2.24. The van der Waals surface area contributed by atoms with Crippen molar-refractivity contribution in [2.45, 2.75) is 0 Å². The Kier molecular flexibility index (Phi) is 5.04. The highest BCUT2D eigenvalue weighted by atomic mass is 32.2. The maximum absolute atomic E-state index is 12.2. The Morgan fingerprint density at radius 2 is 1.89 bits per heavy atom. The Labute approximate surface area is 158 Å². The van der Waals surface area contributed by atoms with Gasteiger partial charge in [-0.15, -0.1) is 0 Å². The van der Waals surface area contributed by atoms with Gasteiger partial charge in [0, 0.05) is 13.1 Å². The molecule has 1 aliphatic heterocycles. The monoisotopic (exact) mass is 383 g/mol. The largest absolute Gasteiger partial charge is 0.478 e. The molecule has 0 spiro atoms. The number of carboxylic acids is 1. The number of nitro benzene ring substituents is 1. The molecule has 27 heavy (non-hydrogen) atoms. The van der Waals surface area contributed by atoms with Gasteiger partial charge in [0.15, 0.2) is 5.17 Å². The Morgan fingerprint density at radius 1 is 1.22 bits per heavy atom. The van der Waals surface area contributed by atoms with Crippen molar-refractivity contribution < 1.29 is 19.6 Å². The summed E-state index contributed by atoms with van der Waals surface area (Å²) < 4.78 is 0. The van der Waals surface area contributed by atoms with Crippen molar-refractivity contribution in [3.8, 4) is 0 Å². The smallest absolute Gasteiger partial charge is 0.337 e. The first kappa shape index (κ1) is 18.3. The fourth-order valence-corrected chi connectivity index (χ4v) is 3.39. The number of nitro groups is 1. The van der Waals surface area contributed by atoms with Gasteiger partial charge >= 0.3 is 5.97 Å². The van der Waals surface area contributed by atoms with Gasteiger partial charge in [0.1, 0.15) is 0 Å². The molecular weight excluding hydrogens is 370 g/mol. The summed E-state index contributed by atoms with van der Waals surface area (Å²) >= 11 is 1.03. The minimum absolute atomic E-state index is 0.0758. The van der Waals surface area contributed by atoms with Gasteiger partial charge in [-0.3, -0.25) is 14.9 Å². The van der Waals surface area contributed by atoms with E-state index in [0.717, 1.165) is 11.8 Å².